The van der Waals surface area contributed by atoms with E-state index < -0.39 is 5.82 Å². The van der Waals surface area contributed by atoms with Crippen molar-refractivity contribution in [2.75, 3.05) is 5.32 Å². The average molecular weight is 296 g/mol. The Kier molecular flexibility index (Phi) is 3.55. The van der Waals surface area contributed by atoms with Gasteiger partial charge in [-0.1, -0.05) is 13.0 Å². The standard InChI is InChI=1S/C16H13FN4O/c1-9-4-12(9)16(22)21-15-8-19-14(7-20-15)10-2-3-11(6-18)13(17)5-10/h2-3,5,7-9,12H,4H2,1H3,(H,20,21,22). The van der Waals surface area contributed by atoms with Gasteiger partial charge in [0.25, 0.3) is 0 Å². The summed E-state index contributed by atoms with van der Waals surface area (Å²) in [5.74, 6) is 0.228. The number of benzene rings is 1. The van der Waals surface area contributed by atoms with E-state index in [0.717, 1.165) is 6.42 Å². The van der Waals surface area contributed by atoms with E-state index in [-0.39, 0.29) is 17.4 Å². The summed E-state index contributed by atoms with van der Waals surface area (Å²) in [5.41, 5.74) is 0.984. The SMILES string of the molecule is CC1CC1C(=O)Nc1cnc(-c2ccc(C#N)c(F)c2)cn1. The Balaban J connectivity index is 1.75. The molecule has 0 radical (unpaired) electrons. The summed E-state index contributed by atoms with van der Waals surface area (Å²) in [6.45, 7) is 2.03. The highest BCUT2D eigenvalue weighted by Gasteiger charge is 2.39. The number of hydrogen-bond donors (Lipinski definition) is 1. The van der Waals surface area contributed by atoms with Gasteiger partial charge in [0.15, 0.2) is 5.82 Å². The summed E-state index contributed by atoms with van der Waals surface area (Å²) in [6, 6.07) is 6.02. The van der Waals surface area contributed by atoms with Crippen LogP contribution in [0.25, 0.3) is 11.3 Å². The predicted octanol–water partition coefficient (Wildman–Crippen LogP) is 2.75. The van der Waals surface area contributed by atoms with Gasteiger partial charge in [-0.2, -0.15) is 5.26 Å². The first-order valence-electron chi connectivity index (χ1n) is 6.91. The lowest BCUT2D eigenvalue weighted by Gasteiger charge is -2.05. The molecule has 1 saturated carbocycles. The van der Waals surface area contributed by atoms with Crippen molar-refractivity contribution in [2.24, 2.45) is 11.8 Å². The minimum Gasteiger partial charge on any atom is -0.309 e. The van der Waals surface area contributed by atoms with Crippen LogP contribution in [-0.4, -0.2) is 15.9 Å². The van der Waals surface area contributed by atoms with Crippen molar-refractivity contribution in [1.29, 1.82) is 5.26 Å². The molecule has 1 aromatic carbocycles. The maximum absolute atomic E-state index is 13.6. The van der Waals surface area contributed by atoms with Crippen LogP contribution in [0, 0.1) is 29.0 Å². The van der Waals surface area contributed by atoms with Crippen LogP contribution < -0.4 is 5.32 Å². The molecule has 3 rings (SSSR count). The van der Waals surface area contributed by atoms with Gasteiger partial charge in [0, 0.05) is 11.5 Å². The molecule has 1 N–H and O–H groups in total. The van der Waals surface area contributed by atoms with Crippen LogP contribution in [0.2, 0.25) is 0 Å². The fraction of sp³-hybridized carbons (Fsp3) is 0.250. The first kappa shape index (κ1) is 14.1. The van der Waals surface area contributed by atoms with Crippen LogP contribution in [-0.2, 0) is 4.79 Å². The van der Waals surface area contributed by atoms with E-state index in [9.17, 15) is 9.18 Å². The van der Waals surface area contributed by atoms with E-state index in [1.165, 1.54) is 24.5 Å². The third-order valence-electron chi connectivity index (χ3n) is 3.73. The summed E-state index contributed by atoms with van der Waals surface area (Å²) in [4.78, 5) is 20.1. The van der Waals surface area contributed by atoms with Crippen LogP contribution in [0.5, 0.6) is 0 Å². The van der Waals surface area contributed by atoms with Crippen molar-refractivity contribution in [3.8, 4) is 17.3 Å². The third-order valence-corrected chi connectivity index (χ3v) is 3.73. The van der Waals surface area contributed by atoms with E-state index in [4.69, 9.17) is 5.26 Å². The van der Waals surface area contributed by atoms with E-state index in [2.05, 4.69) is 15.3 Å². The smallest absolute Gasteiger partial charge is 0.228 e. The van der Waals surface area contributed by atoms with Crippen LogP contribution in [0.1, 0.15) is 18.9 Å². The van der Waals surface area contributed by atoms with Crippen LogP contribution >= 0.6 is 0 Å². The number of aromatic nitrogens is 2. The second-order valence-electron chi connectivity index (χ2n) is 5.40. The highest BCUT2D eigenvalue weighted by Crippen LogP contribution is 2.38. The fourth-order valence-corrected chi connectivity index (χ4v) is 2.21. The number of nitrogens with zero attached hydrogens (tertiary/aromatic N) is 3. The Morgan fingerprint density at radius 1 is 1.41 bits per heavy atom. The van der Waals surface area contributed by atoms with Gasteiger partial charge in [0.1, 0.15) is 11.9 Å². The van der Waals surface area contributed by atoms with Gasteiger partial charge in [-0.25, -0.2) is 9.37 Å². The minimum absolute atomic E-state index is 0.0147. The highest BCUT2D eigenvalue weighted by molar-refractivity contribution is 5.93. The van der Waals surface area contributed by atoms with Gasteiger partial charge in [0.2, 0.25) is 5.91 Å². The number of halogens is 1. The number of carbonyl (C=O) groups excluding carboxylic acids is 1. The Morgan fingerprint density at radius 2 is 2.18 bits per heavy atom. The zero-order valence-corrected chi connectivity index (χ0v) is 11.9. The lowest BCUT2D eigenvalue weighted by atomic mass is 10.1. The molecule has 2 aromatic rings. The molecule has 0 aliphatic heterocycles. The van der Waals surface area contributed by atoms with Gasteiger partial charge in [0.05, 0.1) is 23.7 Å². The molecule has 0 bridgehead atoms. The monoisotopic (exact) mass is 296 g/mol. The lowest BCUT2D eigenvalue weighted by Crippen LogP contribution is -2.15. The Hall–Kier alpha value is -2.81. The fourth-order valence-electron chi connectivity index (χ4n) is 2.21. The Morgan fingerprint density at radius 3 is 2.73 bits per heavy atom. The van der Waals surface area contributed by atoms with Crippen LogP contribution in [0.4, 0.5) is 10.2 Å². The maximum atomic E-state index is 13.6. The molecule has 110 valence electrons. The second kappa shape index (κ2) is 5.53. The molecular weight excluding hydrogens is 283 g/mol. The molecule has 0 spiro atoms. The van der Waals surface area contributed by atoms with Gasteiger partial charge in [-0.3, -0.25) is 9.78 Å². The summed E-state index contributed by atoms with van der Waals surface area (Å²) >= 11 is 0. The molecule has 2 atom stereocenters. The Labute approximate surface area is 126 Å². The first-order chi connectivity index (χ1) is 10.6. The maximum Gasteiger partial charge on any atom is 0.228 e. The summed E-state index contributed by atoms with van der Waals surface area (Å²) in [6.07, 6.45) is 3.81. The number of anilines is 1. The van der Waals surface area contributed by atoms with Gasteiger partial charge in [-0.05, 0) is 24.5 Å². The zero-order valence-electron chi connectivity index (χ0n) is 11.9. The minimum atomic E-state index is -0.595. The Bertz CT molecular complexity index is 767. The molecule has 1 amide bonds. The van der Waals surface area contributed by atoms with E-state index in [1.54, 1.807) is 12.1 Å². The third kappa shape index (κ3) is 2.79. The molecule has 1 heterocycles. The average Bonchev–Trinajstić information content (AvgIpc) is 3.25. The summed E-state index contributed by atoms with van der Waals surface area (Å²) in [7, 11) is 0. The molecular formula is C16H13FN4O. The molecule has 6 heteroatoms. The predicted molar refractivity (Wildman–Crippen MR) is 78.0 cm³/mol. The van der Waals surface area contributed by atoms with Crippen molar-refractivity contribution >= 4 is 11.7 Å². The van der Waals surface area contributed by atoms with Gasteiger partial charge >= 0.3 is 0 Å². The van der Waals surface area contributed by atoms with Crippen molar-refractivity contribution < 1.29 is 9.18 Å². The van der Waals surface area contributed by atoms with Gasteiger partial charge < -0.3 is 5.32 Å². The molecule has 5 nitrogen and oxygen atoms in total. The van der Waals surface area contributed by atoms with E-state index in [1.807, 2.05) is 6.92 Å². The molecule has 22 heavy (non-hydrogen) atoms. The normalized spacial score (nSPS) is 19.3. The molecule has 1 aromatic heterocycles. The number of carbonyl (C=O) groups is 1. The number of hydrogen-bond acceptors (Lipinski definition) is 4. The van der Waals surface area contributed by atoms with Gasteiger partial charge in [-0.15, -0.1) is 0 Å². The van der Waals surface area contributed by atoms with Crippen molar-refractivity contribution in [2.45, 2.75) is 13.3 Å². The topological polar surface area (TPSA) is 78.7 Å². The summed E-state index contributed by atoms with van der Waals surface area (Å²) < 4.78 is 13.6. The number of amides is 1. The zero-order chi connectivity index (χ0) is 15.7. The molecule has 1 aliphatic carbocycles. The van der Waals surface area contributed by atoms with E-state index >= 15 is 0 Å². The molecule has 2 unspecified atom stereocenters. The first-order valence-corrected chi connectivity index (χ1v) is 6.91. The number of nitriles is 1. The van der Waals surface area contributed by atoms with Crippen LogP contribution in [0.15, 0.2) is 30.6 Å². The number of rotatable bonds is 3. The number of nitrogens with one attached hydrogen (secondary N) is 1. The van der Waals surface area contributed by atoms with Crippen molar-refractivity contribution in [3.63, 3.8) is 0 Å². The van der Waals surface area contributed by atoms with Crippen LogP contribution in [0.3, 0.4) is 0 Å². The largest absolute Gasteiger partial charge is 0.309 e. The lowest BCUT2D eigenvalue weighted by molar-refractivity contribution is -0.117. The highest BCUT2D eigenvalue weighted by atomic mass is 19.1. The summed E-state index contributed by atoms with van der Waals surface area (Å²) in [5, 5.41) is 11.4. The van der Waals surface area contributed by atoms with Crippen molar-refractivity contribution in [3.05, 3.63) is 42.0 Å². The quantitative estimate of drug-likeness (QED) is 0.944. The van der Waals surface area contributed by atoms with E-state index in [0.29, 0.717) is 23.0 Å². The molecule has 0 saturated heterocycles. The van der Waals surface area contributed by atoms with Crippen molar-refractivity contribution in [1.82, 2.24) is 9.97 Å². The molecule has 1 fully saturated rings. The second-order valence-corrected chi connectivity index (χ2v) is 5.40. The molecule has 1 aliphatic rings.